The summed E-state index contributed by atoms with van der Waals surface area (Å²) in [5.74, 6) is 0. The zero-order chi connectivity index (χ0) is 32.1. The molecule has 3 atom stereocenters. The number of piperazine rings is 1. The van der Waals surface area contributed by atoms with Crippen LogP contribution >= 0.6 is 0 Å². The van der Waals surface area contributed by atoms with E-state index in [1.807, 2.05) is 30.3 Å². The lowest BCUT2D eigenvalue weighted by Crippen LogP contribution is -2.49. The second kappa shape index (κ2) is 14.0. The van der Waals surface area contributed by atoms with Gasteiger partial charge in [0.15, 0.2) is 6.29 Å². The minimum absolute atomic E-state index is 0.0440. The first kappa shape index (κ1) is 31.6. The molecule has 4 aromatic rings. The van der Waals surface area contributed by atoms with Crippen LogP contribution in [0.3, 0.4) is 0 Å². The van der Waals surface area contributed by atoms with Gasteiger partial charge in [0.25, 0.3) is 15.7 Å². The first-order chi connectivity index (χ1) is 22.3. The molecule has 2 saturated heterocycles. The zero-order valence-corrected chi connectivity index (χ0v) is 26.0. The van der Waals surface area contributed by atoms with E-state index in [0.717, 1.165) is 43.0 Å². The average molecular weight is 645 g/mol. The molecule has 2 aliphatic heterocycles. The number of non-ortho nitro benzene ring substituents is 1. The van der Waals surface area contributed by atoms with Gasteiger partial charge in [-0.3, -0.25) is 19.7 Å². The molecule has 0 unspecified atom stereocenters. The van der Waals surface area contributed by atoms with Crippen molar-refractivity contribution in [3.63, 3.8) is 0 Å². The number of rotatable bonds is 10. The summed E-state index contributed by atoms with van der Waals surface area (Å²) in [5, 5.41) is 20.6. The highest BCUT2D eigenvalue weighted by atomic mass is 32.2. The Morgan fingerprint density at radius 2 is 1.57 bits per heavy atom. The molecule has 12 heteroatoms. The summed E-state index contributed by atoms with van der Waals surface area (Å²) in [5.41, 5.74) is 3.92. The van der Waals surface area contributed by atoms with Crippen molar-refractivity contribution < 1.29 is 27.9 Å². The fraction of sp³-hybridized carbons (Fsp3) is 0.294. The number of nitrogens with zero attached hydrogens (tertiary/aromatic N) is 3. The Balaban J connectivity index is 1.16. The molecule has 0 spiro atoms. The van der Waals surface area contributed by atoms with Crippen LogP contribution in [0.1, 0.15) is 35.5 Å². The van der Waals surface area contributed by atoms with Crippen LogP contribution in [0.15, 0.2) is 108 Å². The normalized spacial score (nSPS) is 20.7. The summed E-state index contributed by atoms with van der Waals surface area (Å²) in [4.78, 5) is 15.4. The Morgan fingerprint density at radius 3 is 2.24 bits per heavy atom. The van der Waals surface area contributed by atoms with Crippen LogP contribution in [0.25, 0.3) is 0 Å². The maximum absolute atomic E-state index is 13.0. The molecule has 2 N–H and O–H groups in total. The number of benzene rings is 4. The van der Waals surface area contributed by atoms with E-state index in [-0.39, 0.29) is 29.4 Å². The smallest absolute Gasteiger partial charge is 0.269 e. The molecule has 0 saturated carbocycles. The lowest BCUT2D eigenvalue weighted by atomic mass is 9.99. The monoisotopic (exact) mass is 644 g/mol. The lowest BCUT2D eigenvalue weighted by molar-refractivity contribution is -0.384. The van der Waals surface area contributed by atoms with Crippen molar-refractivity contribution in [1.29, 1.82) is 0 Å². The molecule has 0 aliphatic carbocycles. The van der Waals surface area contributed by atoms with Crippen molar-refractivity contribution in [2.75, 3.05) is 42.3 Å². The Kier molecular flexibility index (Phi) is 9.61. The van der Waals surface area contributed by atoms with Crippen molar-refractivity contribution in [2.24, 2.45) is 0 Å². The molecule has 46 heavy (non-hydrogen) atoms. The minimum Gasteiger partial charge on any atom is -0.392 e. The van der Waals surface area contributed by atoms with Crippen LogP contribution in [-0.4, -0.2) is 62.2 Å². The molecular formula is C34H36N4O7S. The molecule has 2 aliphatic rings. The largest absolute Gasteiger partial charge is 0.392 e. The fourth-order valence-electron chi connectivity index (χ4n) is 5.86. The molecule has 0 bridgehead atoms. The summed E-state index contributed by atoms with van der Waals surface area (Å²) in [6.45, 7) is 3.79. The molecular weight excluding hydrogens is 608 g/mol. The highest BCUT2D eigenvalue weighted by Crippen LogP contribution is 2.39. The summed E-state index contributed by atoms with van der Waals surface area (Å²) in [6, 6.07) is 29.6. The molecule has 0 radical (unpaired) electrons. The maximum atomic E-state index is 13.0. The van der Waals surface area contributed by atoms with Gasteiger partial charge in [-0.25, -0.2) is 8.42 Å². The van der Waals surface area contributed by atoms with Crippen LogP contribution in [0, 0.1) is 10.1 Å². The number of sulfonamides is 1. The molecule has 0 aromatic heterocycles. The minimum atomic E-state index is -3.77. The summed E-state index contributed by atoms with van der Waals surface area (Å²) < 4.78 is 41.6. The Morgan fingerprint density at radius 1 is 0.848 bits per heavy atom. The number of hydrogen-bond acceptors (Lipinski definition) is 9. The molecule has 0 amide bonds. The third-order valence-corrected chi connectivity index (χ3v) is 9.74. The number of anilines is 2. The third-order valence-electron chi connectivity index (χ3n) is 8.34. The molecule has 6 rings (SSSR count). The number of nitro groups is 1. The van der Waals surface area contributed by atoms with Gasteiger partial charge in [-0.2, -0.15) is 0 Å². The fourth-order valence-corrected chi connectivity index (χ4v) is 6.93. The van der Waals surface area contributed by atoms with Gasteiger partial charge in [-0.1, -0.05) is 54.6 Å². The maximum Gasteiger partial charge on any atom is 0.269 e. The topological polar surface area (TPSA) is 134 Å². The number of nitrogens with one attached hydrogen (secondary N) is 1. The standard InChI is InChI=1S/C34H36N4O7S/c39-24-25-9-11-26(12-10-25)33-22-31(23-36-17-19-37(20-18-36)29-13-15-30(16-14-29)38(40)41)44-34(45-33)27-5-4-6-28(21-27)35-46(42,43)32-7-2-1-3-8-32/h1-16,21,31,33-35,39H,17-20,22-24H2/t31-,33+,34+/m1/s1. The van der Waals surface area contributed by atoms with Gasteiger partial charge < -0.3 is 19.5 Å². The molecule has 11 nitrogen and oxygen atoms in total. The number of aliphatic hydroxyl groups is 1. The first-order valence-electron chi connectivity index (χ1n) is 15.2. The Bertz CT molecular complexity index is 1730. The number of hydrogen-bond donors (Lipinski definition) is 2. The Hall–Kier alpha value is -4.33. The van der Waals surface area contributed by atoms with E-state index in [2.05, 4.69) is 14.5 Å². The van der Waals surface area contributed by atoms with E-state index in [1.165, 1.54) is 12.1 Å². The molecule has 240 valence electrons. The van der Waals surface area contributed by atoms with Gasteiger partial charge in [0.1, 0.15) is 0 Å². The summed E-state index contributed by atoms with van der Waals surface area (Å²) in [7, 11) is -3.77. The van der Waals surface area contributed by atoms with Crippen molar-refractivity contribution in [3.05, 3.63) is 130 Å². The molecule has 4 aromatic carbocycles. The van der Waals surface area contributed by atoms with Crippen molar-refractivity contribution in [2.45, 2.75) is 36.4 Å². The van der Waals surface area contributed by atoms with Crippen LogP contribution in [-0.2, 0) is 26.1 Å². The highest BCUT2D eigenvalue weighted by molar-refractivity contribution is 7.92. The SMILES string of the molecule is O=[N+]([O-])c1ccc(N2CCN(C[C@H]3C[C@@H](c4ccc(CO)cc4)O[C@@H](c4cccc(NS(=O)(=O)c5ccccc5)c4)O3)CC2)cc1. The van der Waals surface area contributed by atoms with E-state index >= 15 is 0 Å². The van der Waals surface area contributed by atoms with Crippen LogP contribution in [0.5, 0.6) is 0 Å². The second-order valence-electron chi connectivity index (χ2n) is 11.5. The van der Waals surface area contributed by atoms with Crippen molar-refractivity contribution in [1.82, 2.24) is 4.90 Å². The lowest BCUT2D eigenvalue weighted by Gasteiger charge is -2.41. The van der Waals surface area contributed by atoms with E-state index in [0.29, 0.717) is 24.2 Å². The van der Waals surface area contributed by atoms with E-state index in [4.69, 9.17) is 9.47 Å². The first-order valence-corrected chi connectivity index (χ1v) is 16.7. The van der Waals surface area contributed by atoms with Crippen LogP contribution in [0.4, 0.5) is 17.1 Å². The number of nitro benzene ring substituents is 1. The van der Waals surface area contributed by atoms with Gasteiger partial charge in [0.2, 0.25) is 0 Å². The van der Waals surface area contributed by atoms with Crippen molar-refractivity contribution >= 4 is 27.1 Å². The zero-order valence-electron chi connectivity index (χ0n) is 25.1. The quantitative estimate of drug-likeness (QED) is 0.175. The van der Waals surface area contributed by atoms with Gasteiger partial charge in [0.05, 0.1) is 28.6 Å². The van der Waals surface area contributed by atoms with E-state index in [1.54, 1.807) is 60.7 Å². The van der Waals surface area contributed by atoms with E-state index < -0.39 is 21.2 Å². The van der Waals surface area contributed by atoms with Crippen molar-refractivity contribution in [3.8, 4) is 0 Å². The van der Waals surface area contributed by atoms with Gasteiger partial charge in [0, 0.05) is 68.2 Å². The molecule has 2 heterocycles. The van der Waals surface area contributed by atoms with Crippen LogP contribution in [0.2, 0.25) is 0 Å². The number of aliphatic hydroxyl groups excluding tert-OH is 1. The Labute approximate surface area is 268 Å². The molecule has 2 fully saturated rings. The number of ether oxygens (including phenoxy) is 2. The summed E-state index contributed by atoms with van der Waals surface area (Å²) >= 11 is 0. The van der Waals surface area contributed by atoms with E-state index in [9.17, 15) is 23.6 Å². The van der Waals surface area contributed by atoms with Crippen LogP contribution < -0.4 is 9.62 Å². The second-order valence-corrected chi connectivity index (χ2v) is 13.1. The third kappa shape index (κ3) is 7.54. The predicted molar refractivity (Wildman–Crippen MR) is 174 cm³/mol. The predicted octanol–water partition coefficient (Wildman–Crippen LogP) is 5.26. The summed E-state index contributed by atoms with van der Waals surface area (Å²) in [6.07, 6.45) is -0.555. The van der Waals surface area contributed by atoms with Gasteiger partial charge in [-0.05, 0) is 47.5 Å². The van der Waals surface area contributed by atoms with Gasteiger partial charge >= 0.3 is 0 Å². The van der Waals surface area contributed by atoms with Gasteiger partial charge in [-0.15, -0.1) is 0 Å². The average Bonchev–Trinajstić information content (AvgIpc) is 3.09. The highest BCUT2D eigenvalue weighted by Gasteiger charge is 2.34.